The molecule has 1 spiro atoms. The standard InChI is InChI=1S/C19H26FN3O3/c1-22-6-8-23(9-7-22)10-11-25-14-12-15-17(16(20)13-14)19(26-18(15)24)2-4-21-5-3-19/h12-13,21H,2-11H2,1H3. The molecule has 4 rings (SSSR count). The highest BCUT2D eigenvalue weighted by atomic mass is 19.1. The van der Waals surface area contributed by atoms with Gasteiger partial charge in [0, 0.05) is 57.2 Å². The number of likely N-dealkylation sites (N-methyl/N-ethyl adjacent to an activating group) is 1. The summed E-state index contributed by atoms with van der Waals surface area (Å²) in [5.74, 6) is -0.437. The minimum atomic E-state index is -0.805. The molecule has 3 aliphatic rings. The van der Waals surface area contributed by atoms with E-state index >= 15 is 0 Å². The molecular formula is C19H26FN3O3. The summed E-state index contributed by atoms with van der Waals surface area (Å²) in [7, 11) is 2.12. The highest BCUT2D eigenvalue weighted by Crippen LogP contribution is 2.45. The second-order valence-electron chi connectivity index (χ2n) is 7.45. The maximum atomic E-state index is 14.8. The number of carbonyl (C=O) groups is 1. The maximum absolute atomic E-state index is 14.8. The van der Waals surface area contributed by atoms with Crippen LogP contribution in [0.3, 0.4) is 0 Å². The average Bonchev–Trinajstić information content (AvgIpc) is 2.89. The summed E-state index contributed by atoms with van der Waals surface area (Å²) in [6.07, 6.45) is 1.21. The third-order valence-corrected chi connectivity index (χ3v) is 5.71. The first-order chi connectivity index (χ1) is 12.6. The van der Waals surface area contributed by atoms with Crippen LogP contribution in [0.1, 0.15) is 28.8 Å². The van der Waals surface area contributed by atoms with Crippen molar-refractivity contribution >= 4 is 5.97 Å². The van der Waals surface area contributed by atoms with Crippen molar-refractivity contribution in [2.75, 3.05) is 59.5 Å². The Morgan fingerprint density at radius 1 is 1.23 bits per heavy atom. The number of hydrogen-bond donors (Lipinski definition) is 1. The fourth-order valence-corrected chi connectivity index (χ4v) is 4.12. The van der Waals surface area contributed by atoms with Gasteiger partial charge >= 0.3 is 5.97 Å². The van der Waals surface area contributed by atoms with Crippen molar-refractivity contribution in [3.63, 3.8) is 0 Å². The molecule has 1 aromatic rings. The number of ether oxygens (including phenoxy) is 2. The summed E-state index contributed by atoms with van der Waals surface area (Å²) in [6, 6.07) is 3.04. The largest absolute Gasteiger partial charge is 0.492 e. The second kappa shape index (κ2) is 7.13. The van der Waals surface area contributed by atoms with E-state index in [1.165, 1.54) is 6.07 Å². The van der Waals surface area contributed by atoms with Crippen molar-refractivity contribution in [2.45, 2.75) is 18.4 Å². The van der Waals surface area contributed by atoms with Crippen molar-refractivity contribution < 1.29 is 18.7 Å². The van der Waals surface area contributed by atoms with E-state index < -0.39 is 17.4 Å². The van der Waals surface area contributed by atoms with Gasteiger partial charge in [0.2, 0.25) is 0 Å². The number of nitrogens with zero attached hydrogens (tertiary/aromatic N) is 2. The molecule has 2 saturated heterocycles. The van der Waals surface area contributed by atoms with Crippen LogP contribution in [0, 0.1) is 5.82 Å². The van der Waals surface area contributed by atoms with Gasteiger partial charge in [-0.15, -0.1) is 0 Å². The van der Waals surface area contributed by atoms with Crippen LogP contribution in [0.5, 0.6) is 5.75 Å². The highest BCUT2D eigenvalue weighted by Gasteiger charge is 2.48. The maximum Gasteiger partial charge on any atom is 0.339 e. The Kier molecular flexibility index (Phi) is 4.86. The van der Waals surface area contributed by atoms with Gasteiger partial charge in [-0.25, -0.2) is 9.18 Å². The molecule has 0 radical (unpaired) electrons. The predicted molar refractivity (Wildman–Crippen MR) is 95.0 cm³/mol. The van der Waals surface area contributed by atoms with Gasteiger partial charge in [-0.2, -0.15) is 0 Å². The molecule has 0 aromatic heterocycles. The molecule has 142 valence electrons. The topological polar surface area (TPSA) is 54.0 Å². The predicted octanol–water partition coefficient (Wildman–Crippen LogP) is 1.20. The lowest BCUT2D eigenvalue weighted by molar-refractivity contribution is -0.0255. The Bertz CT molecular complexity index is 683. The van der Waals surface area contributed by atoms with Gasteiger partial charge in [-0.1, -0.05) is 0 Å². The molecule has 1 aromatic carbocycles. The minimum Gasteiger partial charge on any atom is -0.492 e. The number of nitrogens with one attached hydrogen (secondary N) is 1. The zero-order valence-electron chi connectivity index (χ0n) is 15.2. The molecule has 3 heterocycles. The second-order valence-corrected chi connectivity index (χ2v) is 7.45. The summed E-state index contributed by atoms with van der Waals surface area (Å²) < 4.78 is 26.2. The number of piperidine rings is 1. The first kappa shape index (κ1) is 17.7. The quantitative estimate of drug-likeness (QED) is 0.812. The van der Waals surface area contributed by atoms with Gasteiger partial charge in [0.1, 0.15) is 23.8 Å². The lowest BCUT2D eigenvalue weighted by atomic mass is 9.84. The first-order valence-corrected chi connectivity index (χ1v) is 9.39. The Labute approximate surface area is 153 Å². The summed E-state index contributed by atoms with van der Waals surface area (Å²) >= 11 is 0. The number of fused-ring (bicyclic) bond motifs is 2. The van der Waals surface area contributed by atoms with Gasteiger partial charge in [0.25, 0.3) is 0 Å². The zero-order chi connectivity index (χ0) is 18.1. The lowest BCUT2D eigenvalue weighted by Crippen LogP contribution is -2.45. The van der Waals surface area contributed by atoms with Crippen molar-refractivity contribution in [2.24, 2.45) is 0 Å². The number of piperazine rings is 1. The van der Waals surface area contributed by atoms with Crippen molar-refractivity contribution in [3.8, 4) is 5.75 Å². The molecule has 0 amide bonds. The molecule has 7 heteroatoms. The van der Waals surface area contributed by atoms with Crippen LogP contribution in [-0.2, 0) is 10.3 Å². The van der Waals surface area contributed by atoms with Gasteiger partial charge in [0.15, 0.2) is 0 Å². The fraction of sp³-hybridized carbons (Fsp3) is 0.632. The van der Waals surface area contributed by atoms with E-state index in [-0.39, 0.29) is 0 Å². The van der Waals surface area contributed by atoms with E-state index in [1.54, 1.807) is 6.07 Å². The van der Waals surface area contributed by atoms with Crippen LogP contribution in [0.25, 0.3) is 0 Å². The van der Waals surface area contributed by atoms with E-state index in [2.05, 4.69) is 22.2 Å². The molecule has 0 saturated carbocycles. The number of rotatable bonds is 4. The van der Waals surface area contributed by atoms with Crippen LogP contribution in [0.15, 0.2) is 12.1 Å². The Hall–Kier alpha value is -1.70. The van der Waals surface area contributed by atoms with Gasteiger partial charge in [0.05, 0.1) is 5.56 Å². The third-order valence-electron chi connectivity index (χ3n) is 5.71. The van der Waals surface area contributed by atoms with Gasteiger partial charge < -0.3 is 19.7 Å². The Balaban J connectivity index is 1.44. The molecule has 0 atom stereocenters. The molecule has 26 heavy (non-hydrogen) atoms. The first-order valence-electron chi connectivity index (χ1n) is 9.39. The van der Waals surface area contributed by atoms with Crippen molar-refractivity contribution in [1.82, 2.24) is 15.1 Å². The van der Waals surface area contributed by atoms with E-state index in [9.17, 15) is 9.18 Å². The Morgan fingerprint density at radius 2 is 1.96 bits per heavy atom. The molecule has 0 bridgehead atoms. The van der Waals surface area contributed by atoms with Crippen molar-refractivity contribution in [3.05, 3.63) is 29.1 Å². The van der Waals surface area contributed by atoms with E-state index in [0.29, 0.717) is 36.3 Å². The monoisotopic (exact) mass is 363 g/mol. The fourth-order valence-electron chi connectivity index (χ4n) is 4.12. The summed E-state index contributed by atoms with van der Waals surface area (Å²) in [5, 5.41) is 3.23. The molecule has 1 N–H and O–H groups in total. The summed E-state index contributed by atoms with van der Waals surface area (Å²) in [5.41, 5.74) is -0.0722. The molecule has 0 aliphatic carbocycles. The van der Waals surface area contributed by atoms with Crippen LogP contribution in [0.2, 0.25) is 0 Å². The van der Waals surface area contributed by atoms with Crippen LogP contribution in [0.4, 0.5) is 4.39 Å². The molecule has 2 fully saturated rings. The number of halogens is 1. The van der Waals surface area contributed by atoms with Crippen molar-refractivity contribution in [1.29, 1.82) is 0 Å². The van der Waals surface area contributed by atoms with Crippen LogP contribution in [-0.4, -0.2) is 75.2 Å². The third kappa shape index (κ3) is 3.31. The lowest BCUT2D eigenvalue weighted by Gasteiger charge is -2.33. The Morgan fingerprint density at radius 3 is 2.69 bits per heavy atom. The van der Waals surface area contributed by atoms with E-state index in [0.717, 1.165) is 45.8 Å². The van der Waals surface area contributed by atoms with E-state index in [4.69, 9.17) is 9.47 Å². The molecule has 6 nitrogen and oxygen atoms in total. The average molecular weight is 363 g/mol. The van der Waals surface area contributed by atoms with E-state index in [1.807, 2.05) is 0 Å². The molecular weight excluding hydrogens is 337 g/mol. The summed E-state index contributed by atoms with van der Waals surface area (Å²) in [6.45, 7) is 6.85. The SMILES string of the molecule is CN1CCN(CCOc2cc(F)c3c(c2)C(=O)OC32CCNCC2)CC1. The van der Waals surface area contributed by atoms with Gasteiger partial charge in [-0.3, -0.25) is 4.90 Å². The smallest absolute Gasteiger partial charge is 0.339 e. The number of esters is 1. The van der Waals surface area contributed by atoms with Crippen LogP contribution >= 0.6 is 0 Å². The molecule has 3 aliphatic heterocycles. The normalized spacial score (nSPS) is 23.1. The number of carbonyl (C=O) groups excluding carboxylic acids is 1. The molecule has 0 unspecified atom stereocenters. The summed E-state index contributed by atoms with van der Waals surface area (Å²) in [4.78, 5) is 17.0. The number of hydrogen-bond acceptors (Lipinski definition) is 6. The van der Waals surface area contributed by atoms with Crippen LogP contribution < -0.4 is 10.1 Å². The number of benzene rings is 1. The van der Waals surface area contributed by atoms with Gasteiger partial charge in [-0.05, 0) is 26.2 Å². The zero-order valence-corrected chi connectivity index (χ0v) is 15.2. The highest BCUT2D eigenvalue weighted by molar-refractivity contribution is 5.95. The minimum absolute atomic E-state index is 0.321.